The maximum atomic E-state index is 13.1. The van der Waals surface area contributed by atoms with E-state index < -0.39 is 40.9 Å². The van der Waals surface area contributed by atoms with Crippen LogP contribution < -0.4 is 19.9 Å². The number of halogens is 6. The van der Waals surface area contributed by atoms with Gasteiger partial charge in [0.1, 0.15) is 12.7 Å². The zero-order valence-corrected chi connectivity index (χ0v) is 19.9. The Kier molecular flexibility index (Phi) is 7.71. The summed E-state index contributed by atoms with van der Waals surface area (Å²) in [6.45, 7) is 2.28. The Morgan fingerprint density at radius 2 is 1.97 bits per heavy atom. The van der Waals surface area contributed by atoms with Crippen LogP contribution >= 0.6 is 0 Å². The van der Waals surface area contributed by atoms with E-state index in [0.29, 0.717) is 18.9 Å². The van der Waals surface area contributed by atoms with Crippen molar-refractivity contribution in [1.82, 2.24) is 20.1 Å². The minimum absolute atomic E-state index is 0.00949. The van der Waals surface area contributed by atoms with Gasteiger partial charge in [0, 0.05) is 25.8 Å². The van der Waals surface area contributed by atoms with Crippen LogP contribution in [0.1, 0.15) is 24.5 Å². The van der Waals surface area contributed by atoms with Gasteiger partial charge in [-0.05, 0) is 13.0 Å². The molecular weight excluding hydrogens is 528 g/mol. The lowest BCUT2D eigenvalue weighted by Crippen LogP contribution is -2.58. The van der Waals surface area contributed by atoms with Crippen LogP contribution in [0.4, 0.5) is 32.2 Å². The number of carbonyl (C=O) groups is 1. The summed E-state index contributed by atoms with van der Waals surface area (Å²) in [5.74, 6) is -0.629. The van der Waals surface area contributed by atoms with Gasteiger partial charge in [0.25, 0.3) is 5.56 Å². The number of hydrogen-bond donors (Lipinski definition) is 1. The third-order valence-electron chi connectivity index (χ3n) is 5.94. The number of fused-ring (bicyclic) bond motifs is 3. The third-order valence-corrected chi connectivity index (χ3v) is 5.94. The molecule has 0 saturated carbocycles. The molecule has 0 spiro atoms. The van der Waals surface area contributed by atoms with E-state index in [-0.39, 0.29) is 50.5 Å². The van der Waals surface area contributed by atoms with Gasteiger partial charge in [-0.3, -0.25) is 9.59 Å². The lowest BCUT2D eigenvalue weighted by Gasteiger charge is -2.44. The molecule has 16 heteroatoms. The molecule has 0 radical (unpaired) electrons. The Morgan fingerprint density at radius 3 is 2.68 bits per heavy atom. The number of aromatic amines is 1. The molecular formula is C22H23F6N5O5. The molecule has 2 aromatic heterocycles. The molecule has 208 valence electrons. The molecule has 1 fully saturated rings. The highest BCUT2D eigenvalue weighted by molar-refractivity contribution is 5.77. The molecule has 2 aliphatic heterocycles. The minimum Gasteiger partial charge on any atom is -0.487 e. The Balaban J connectivity index is 1.24. The van der Waals surface area contributed by atoms with Crippen LogP contribution in [-0.4, -0.2) is 77.6 Å². The fourth-order valence-corrected chi connectivity index (χ4v) is 4.16. The second-order valence-corrected chi connectivity index (χ2v) is 8.73. The molecule has 1 N–H and O–H groups in total. The largest absolute Gasteiger partial charge is 0.487 e. The summed E-state index contributed by atoms with van der Waals surface area (Å²) in [4.78, 5) is 31.5. The van der Waals surface area contributed by atoms with E-state index >= 15 is 0 Å². The number of piperazine rings is 1. The lowest BCUT2D eigenvalue weighted by molar-refractivity contribution is -0.141. The molecule has 0 unspecified atom stereocenters. The van der Waals surface area contributed by atoms with E-state index in [1.54, 1.807) is 10.00 Å². The summed E-state index contributed by atoms with van der Waals surface area (Å²) in [6, 6.07) is 0.623. The molecule has 1 amide bonds. The number of amides is 1. The summed E-state index contributed by atoms with van der Waals surface area (Å²) in [6.07, 6.45) is -8.85. The summed E-state index contributed by atoms with van der Waals surface area (Å²) < 4.78 is 94.2. The normalized spacial score (nSPS) is 18.3. The Labute approximate surface area is 211 Å². The van der Waals surface area contributed by atoms with Crippen LogP contribution in [0.25, 0.3) is 0 Å². The van der Waals surface area contributed by atoms with Gasteiger partial charge in [0.15, 0.2) is 22.9 Å². The standard InChI is InChI=1S/C22H23F6N5O5/c1-12(38-16-8-30-31-20(35)18(16)22(26,27)28)10-36-5-2-17(34)32-3-4-33-14(9-32)11-37-15-6-13(21(23,24)25)7-29-19(15)33/h6-8,12,14H,2-5,9-11H2,1H3,(H,31,35)/t12-,14+/m0/s1. The Bertz CT molecular complexity index is 1220. The van der Waals surface area contributed by atoms with Gasteiger partial charge in [-0.2, -0.15) is 31.4 Å². The highest BCUT2D eigenvalue weighted by Gasteiger charge is 2.39. The first kappa shape index (κ1) is 27.5. The third kappa shape index (κ3) is 6.11. The zero-order chi connectivity index (χ0) is 27.7. The molecule has 2 aliphatic rings. The number of hydrogen-bond acceptors (Lipinski definition) is 8. The maximum absolute atomic E-state index is 13.1. The zero-order valence-electron chi connectivity index (χ0n) is 19.9. The first-order valence-electron chi connectivity index (χ1n) is 11.5. The van der Waals surface area contributed by atoms with Crippen LogP contribution in [0.2, 0.25) is 0 Å². The second kappa shape index (κ2) is 10.7. The van der Waals surface area contributed by atoms with Crippen LogP contribution in [0.5, 0.6) is 11.5 Å². The van der Waals surface area contributed by atoms with Gasteiger partial charge < -0.3 is 24.0 Å². The average Bonchev–Trinajstić information content (AvgIpc) is 2.84. The number of aromatic nitrogens is 3. The molecule has 2 aromatic rings. The minimum atomic E-state index is -4.93. The van der Waals surface area contributed by atoms with Crippen molar-refractivity contribution in [3.63, 3.8) is 0 Å². The van der Waals surface area contributed by atoms with Crippen molar-refractivity contribution >= 4 is 11.7 Å². The Hall–Kier alpha value is -3.56. The van der Waals surface area contributed by atoms with Crippen molar-refractivity contribution in [3.8, 4) is 11.5 Å². The van der Waals surface area contributed by atoms with E-state index in [9.17, 15) is 35.9 Å². The predicted octanol–water partition coefficient (Wildman–Crippen LogP) is 2.49. The molecule has 4 heterocycles. The number of carbonyl (C=O) groups excluding carboxylic acids is 1. The number of rotatable bonds is 7. The number of ether oxygens (including phenoxy) is 3. The van der Waals surface area contributed by atoms with E-state index in [4.69, 9.17) is 14.2 Å². The summed E-state index contributed by atoms with van der Waals surface area (Å²) >= 11 is 0. The molecule has 1 saturated heterocycles. The number of anilines is 1. The van der Waals surface area contributed by atoms with Gasteiger partial charge in [0.05, 0.1) is 37.4 Å². The first-order valence-corrected chi connectivity index (χ1v) is 11.5. The van der Waals surface area contributed by atoms with Crippen LogP contribution in [0.3, 0.4) is 0 Å². The fourth-order valence-electron chi connectivity index (χ4n) is 4.16. The molecule has 0 aliphatic carbocycles. The number of alkyl halides is 6. The van der Waals surface area contributed by atoms with Crippen molar-refractivity contribution in [2.75, 3.05) is 44.4 Å². The van der Waals surface area contributed by atoms with Crippen molar-refractivity contribution in [3.05, 3.63) is 39.9 Å². The summed E-state index contributed by atoms with van der Waals surface area (Å²) in [5, 5.41) is 5.03. The monoisotopic (exact) mass is 551 g/mol. The topological polar surface area (TPSA) is 110 Å². The Morgan fingerprint density at radius 1 is 1.21 bits per heavy atom. The van der Waals surface area contributed by atoms with Crippen LogP contribution in [-0.2, 0) is 21.9 Å². The maximum Gasteiger partial charge on any atom is 0.425 e. The van der Waals surface area contributed by atoms with Gasteiger partial charge in [0.2, 0.25) is 5.91 Å². The van der Waals surface area contributed by atoms with Crippen LogP contribution in [0, 0.1) is 0 Å². The van der Waals surface area contributed by atoms with E-state index in [0.717, 1.165) is 18.5 Å². The van der Waals surface area contributed by atoms with Crippen molar-refractivity contribution in [1.29, 1.82) is 0 Å². The molecule has 2 atom stereocenters. The summed E-state index contributed by atoms with van der Waals surface area (Å²) in [5.41, 5.74) is -3.83. The van der Waals surface area contributed by atoms with Gasteiger partial charge in [-0.15, -0.1) is 0 Å². The highest BCUT2D eigenvalue weighted by Crippen LogP contribution is 2.38. The highest BCUT2D eigenvalue weighted by atomic mass is 19.4. The molecule has 0 bridgehead atoms. The van der Waals surface area contributed by atoms with Crippen LogP contribution in [0.15, 0.2) is 23.3 Å². The first-order chi connectivity index (χ1) is 17.8. The van der Waals surface area contributed by atoms with E-state index in [2.05, 4.69) is 10.1 Å². The van der Waals surface area contributed by atoms with Crippen molar-refractivity contribution in [2.45, 2.75) is 37.8 Å². The van der Waals surface area contributed by atoms with Gasteiger partial charge in [-0.1, -0.05) is 0 Å². The van der Waals surface area contributed by atoms with E-state index in [1.807, 2.05) is 4.90 Å². The fraction of sp³-hybridized carbons (Fsp3) is 0.545. The SMILES string of the molecule is C[C@@H](COCCC(=O)N1CCN2c3ncc(C(F)(F)F)cc3OC[C@H]2C1)Oc1cn[nH]c(=O)c1C(F)(F)F. The lowest BCUT2D eigenvalue weighted by atomic mass is 10.1. The molecule has 4 rings (SSSR count). The molecule has 38 heavy (non-hydrogen) atoms. The quantitative estimate of drug-likeness (QED) is 0.413. The smallest absolute Gasteiger partial charge is 0.425 e. The van der Waals surface area contributed by atoms with Crippen molar-refractivity contribution < 1.29 is 45.3 Å². The molecule has 10 nitrogen and oxygen atoms in total. The number of nitrogens with zero attached hydrogens (tertiary/aromatic N) is 4. The predicted molar refractivity (Wildman–Crippen MR) is 118 cm³/mol. The summed E-state index contributed by atoms with van der Waals surface area (Å²) in [7, 11) is 0. The number of nitrogens with one attached hydrogen (secondary N) is 1. The van der Waals surface area contributed by atoms with Gasteiger partial charge in [-0.25, -0.2) is 10.1 Å². The molecule has 0 aromatic carbocycles. The average molecular weight is 551 g/mol. The number of pyridine rings is 1. The number of H-pyrrole nitrogens is 1. The van der Waals surface area contributed by atoms with Crippen molar-refractivity contribution in [2.24, 2.45) is 0 Å². The van der Waals surface area contributed by atoms with E-state index in [1.165, 1.54) is 6.92 Å². The second-order valence-electron chi connectivity index (χ2n) is 8.73. The van der Waals surface area contributed by atoms with Gasteiger partial charge >= 0.3 is 12.4 Å².